The van der Waals surface area contributed by atoms with E-state index >= 15 is 0 Å². The van der Waals surface area contributed by atoms with Gasteiger partial charge >= 0.3 is 5.97 Å². The molecular weight excluding hydrogens is 526 g/mol. The van der Waals surface area contributed by atoms with E-state index in [0.717, 1.165) is 76.1 Å². The molecule has 1 aromatic carbocycles. The Morgan fingerprint density at radius 2 is 2.26 bits per heavy atom. The van der Waals surface area contributed by atoms with Gasteiger partial charge in [-0.25, -0.2) is 15.2 Å². The van der Waals surface area contributed by atoms with Gasteiger partial charge in [0.15, 0.2) is 0 Å². The van der Waals surface area contributed by atoms with Gasteiger partial charge in [-0.15, -0.1) is 0 Å². The first-order chi connectivity index (χ1) is 18.5. The fourth-order valence-corrected chi connectivity index (χ4v) is 7.16. The third kappa shape index (κ3) is 4.02. The minimum atomic E-state index is -0.980. The summed E-state index contributed by atoms with van der Waals surface area (Å²) in [6.45, 7) is 1.55. The van der Waals surface area contributed by atoms with Crippen LogP contribution in [0.1, 0.15) is 65.4 Å². The minimum Gasteiger partial charge on any atom is -0.494 e. The van der Waals surface area contributed by atoms with Crippen molar-refractivity contribution in [1.29, 1.82) is 0 Å². The Hall–Kier alpha value is -2.92. The van der Waals surface area contributed by atoms with E-state index in [0.29, 0.717) is 41.7 Å². The molecule has 3 atom stereocenters. The van der Waals surface area contributed by atoms with Crippen LogP contribution in [0.25, 0.3) is 15.8 Å². The number of aromatic nitrogens is 2. The number of carboxylic acids is 1. The molecule has 1 saturated heterocycles. The highest BCUT2D eigenvalue weighted by Crippen LogP contribution is 2.45. The number of nitrogens with zero attached hydrogens (tertiary/aromatic N) is 3. The molecule has 2 saturated carbocycles. The number of carboxylic acid groups (broad SMARTS) is 1. The van der Waals surface area contributed by atoms with E-state index in [1.807, 2.05) is 0 Å². The summed E-state index contributed by atoms with van der Waals surface area (Å²) in [6.07, 6.45) is 9.31. The first-order valence-electron chi connectivity index (χ1n) is 13.0. The zero-order valence-corrected chi connectivity index (χ0v) is 22.4. The van der Waals surface area contributed by atoms with Crippen LogP contribution in [-0.2, 0) is 6.54 Å². The van der Waals surface area contributed by atoms with Gasteiger partial charge in [0.25, 0.3) is 0 Å². The van der Waals surface area contributed by atoms with Crippen LogP contribution in [-0.4, -0.2) is 47.0 Å². The number of hydrogen-bond acceptors (Lipinski definition) is 9. The molecule has 3 aromatic rings. The van der Waals surface area contributed by atoms with E-state index in [-0.39, 0.29) is 5.56 Å². The van der Waals surface area contributed by atoms with Gasteiger partial charge in [0.05, 0.1) is 23.4 Å². The maximum absolute atomic E-state index is 11.5. The summed E-state index contributed by atoms with van der Waals surface area (Å²) in [5.41, 5.74) is 7.42. The highest BCUT2D eigenvalue weighted by atomic mass is 35.5. The van der Waals surface area contributed by atoms with Gasteiger partial charge in [-0.2, -0.15) is 0 Å². The molecule has 9 nitrogen and oxygen atoms in total. The number of anilines is 1. The molecule has 198 valence electrons. The van der Waals surface area contributed by atoms with Crippen molar-refractivity contribution in [1.82, 2.24) is 20.9 Å². The molecule has 0 radical (unpaired) electrons. The number of rotatable bonds is 8. The number of allylic oxidation sites excluding steroid dienone is 4. The lowest BCUT2D eigenvalue weighted by Gasteiger charge is -2.42. The number of ether oxygens (including phenoxy) is 1. The molecule has 4 aliphatic rings. The maximum atomic E-state index is 11.5. The fourth-order valence-electron chi connectivity index (χ4n) is 5.84. The van der Waals surface area contributed by atoms with Gasteiger partial charge in [0.2, 0.25) is 5.13 Å². The molecule has 1 aliphatic heterocycles. The largest absolute Gasteiger partial charge is 0.494 e. The van der Waals surface area contributed by atoms with E-state index < -0.39 is 5.97 Å². The van der Waals surface area contributed by atoms with Gasteiger partial charge in [-0.05, 0) is 44.2 Å². The summed E-state index contributed by atoms with van der Waals surface area (Å²) in [4.78, 5) is 16.3. The summed E-state index contributed by atoms with van der Waals surface area (Å²) in [5.74, 6) is 1.41. The molecule has 0 bridgehead atoms. The zero-order valence-electron chi connectivity index (χ0n) is 20.9. The Balaban J connectivity index is 1.07. The molecule has 3 heterocycles. The van der Waals surface area contributed by atoms with Gasteiger partial charge in [0, 0.05) is 47.1 Å². The SMILES string of the molecule is COc1cc(C(=O)O)cc2sc(N3NCC4C(NCc5c(C6=C(Cl)CCC=C6)noc5C5CC5)CC43)nc12. The second-order valence-electron chi connectivity index (χ2n) is 10.4. The summed E-state index contributed by atoms with van der Waals surface area (Å²) in [7, 11) is 1.54. The number of hydrazine groups is 1. The van der Waals surface area contributed by atoms with Crippen molar-refractivity contribution in [3.8, 4) is 5.75 Å². The minimum absolute atomic E-state index is 0.198. The lowest BCUT2D eigenvalue weighted by molar-refractivity contribution is 0.0696. The molecule has 3 fully saturated rings. The molecule has 0 amide bonds. The maximum Gasteiger partial charge on any atom is 0.335 e. The van der Waals surface area contributed by atoms with Crippen LogP contribution in [0, 0.1) is 5.92 Å². The van der Waals surface area contributed by atoms with Crippen molar-refractivity contribution in [3.63, 3.8) is 0 Å². The smallest absolute Gasteiger partial charge is 0.335 e. The van der Waals surface area contributed by atoms with Crippen molar-refractivity contribution >= 4 is 49.8 Å². The lowest BCUT2D eigenvalue weighted by atomic mass is 9.75. The summed E-state index contributed by atoms with van der Waals surface area (Å²) < 4.78 is 12.1. The number of hydrogen-bond donors (Lipinski definition) is 3. The van der Waals surface area contributed by atoms with Crippen molar-refractivity contribution in [2.75, 3.05) is 18.7 Å². The zero-order chi connectivity index (χ0) is 26.0. The van der Waals surface area contributed by atoms with Crippen LogP contribution in [0.3, 0.4) is 0 Å². The summed E-state index contributed by atoms with van der Waals surface area (Å²) >= 11 is 8.07. The number of aromatic carboxylic acids is 1. The van der Waals surface area contributed by atoms with Crippen LogP contribution in [0.4, 0.5) is 5.13 Å². The molecule has 3 N–H and O–H groups in total. The molecule has 7 rings (SSSR count). The second-order valence-corrected chi connectivity index (χ2v) is 11.9. The Labute approximate surface area is 228 Å². The topological polar surface area (TPSA) is 113 Å². The predicted molar refractivity (Wildman–Crippen MR) is 146 cm³/mol. The number of nitrogens with one attached hydrogen (secondary N) is 2. The van der Waals surface area contributed by atoms with Crippen LogP contribution in [0.15, 0.2) is 33.8 Å². The van der Waals surface area contributed by atoms with Gasteiger partial charge < -0.3 is 19.7 Å². The summed E-state index contributed by atoms with van der Waals surface area (Å²) in [6, 6.07) is 3.87. The first kappa shape index (κ1) is 24.1. The van der Waals surface area contributed by atoms with E-state index in [2.05, 4.69) is 33.1 Å². The quantitative estimate of drug-likeness (QED) is 0.353. The Morgan fingerprint density at radius 3 is 3.03 bits per heavy atom. The van der Waals surface area contributed by atoms with Gasteiger partial charge in [0.1, 0.15) is 22.7 Å². The van der Waals surface area contributed by atoms with Crippen LogP contribution in [0.5, 0.6) is 5.75 Å². The van der Waals surface area contributed by atoms with E-state index in [9.17, 15) is 9.90 Å². The van der Waals surface area contributed by atoms with Gasteiger partial charge in [-0.1, -0.05) is 40.2 Å². The van der Waals surface area contributed by atoms with Crippen LogP contribution >= 0.6 is 22.9 Å². The monoisotopic (exact) mass is 553 g/mol. The molecule has 11 heteroatoms. The third-order valence-electron chi connectivity index (χ3n) is 8.13. The number of carbonyl (C=O) groups is 1. The van der Waals surface area contributed by atoms with Crippen LogP contribution in [0.2, 0.25) is 0 Å². The standard InChI is InChI=1S/C27H28ClN5O4S/c1-36-21-8-14(26(34)35)9-22-24(21)31-27(38-22)33-20-10-19(16(20)12-30-33)29-11-17-23(15-4-2-3-5-18(15)28)32-37-25(17)13-6-7-13/h2,4,8-9,13,16,19-20,29-30H,3,5-7,10-12H2,1H3,(H,34,35). The Kier molecular flexibility index (Phi) is 5.95. The third-order valence-corrected chi connectivity index (χ3v) is 9.52. The van der Waals surface area contributed by atoms with E-state index in [1.54, 1.807) is 6.07 Å². The molecule has 2 aromatic heterocycles. The fraction of sp³-hybridized carbons (Fsp3) is 0.444. The van der Waals surface area contributed by atoms with Crippen molar-refractivity contribution in [2.24, 2.45) is 5.92 Å². The average Bonchev–Trinajstić information content (AvgIpc) is 3.37. The number of benzene rings is 1. The van der Waals surface area contributed by atoms with Crippen molar-refractivity contribution < 1.29 is 19.2 Å². The number of methoxy groups -OCH3 is 1. The molecule has 3 aliphatic carbocycles. The molecule has 38 heavy (non-hydrogen) atoms. The van der Waals surface area contributed by atoms with Crippen molar-refractivity contribution in [2.45, 2.75) is 56.7 Å². The number of halogens is 1. The Morgan fingerprint density at radius 1 is 1.39 bits per heavy atom. The molecule has 3 unspecified atom stereocenters. The average molecular weight is 554 g/mol. The highest BCUT2D eigenvalue weighted by molar-refractivity contribution is 7.22. The highest BCUT2D eigenvalue weighted by Gasteiger charge is 2.49. The number of thiazole rings is 1. The van der Waals surface area contributed by atoms with E-state index in [4.69, 9.17) is 25.8 Å². The van der Waals surface area contributed by atoms with Gasteiger partial charge in [-0.3, -0.25) is 5.01 Å². The normalized spacial score (nSPS) is 24.7. The second kappa shape index (κ2) is 9.37. The van der Waals surface area contributed by atoms with E-state index in [1.165, 1.54) is 24.5 Å². The summed E-state index contributed by atoms with van der Waals surface area (Å²) in [5, 5.41) is 21.5. The lowest BCUT2D eigenvalue weighted by Crippen LogP contribution is -2.56. The van der Waals surface area contributed by atoms with Crippen LogP contribution < -0.4 is 20.5 Å². The first-order valence-corrected chi connectivity index (χ1v) is 14.2. The predicted octanol–water partition coefficient (Wildman–Crippen LogP) is 5.04. The molecule has 0 spiro atoms. The molecular formula is C27H28ClN5O4S. The Bertz CT molecular complexity index is 1490. The van der Waals surface area contributed by atoms with Crippen molar-refractivity contribution in [3.05, 3.63) is 51.9 Å². The number of fused-ring (bicyclic) bond motifs is 2.